The van der Waals surface area contributed by atoms with Crippen LogP contribution in [0.3, 0.4) is 0 Å². The molecule has 0 aliphatic carbocycles. The van der Waals surface area contributed by atoms with E-state index in [2.05, 4.69) is 9.46 Å². The van der Waals surface area contributed by atoms with Crippen molar-refractivity contribution < 1.29 is 27.9 Å². The van der Waals surface area contributed by atoms with Crippen LogP contribution in [0.1, 0.15) is 24.2 Å². The number of aliphatic carboxylic acids is 1. The average molecular weight is 350 g/mol. The van der Waals surface area contributed by atoms with E-state index in [1.54, 1.807) is 13.8 Å². The zero-order valence-corrected chi connectivity index (χ0v) is 13.7. The molecule has 7 nitrogen and oxygen atoms in total. The second-order valence-corrected chi connectivity index (χ2v) is 6.94. The van der Waals surface area contributed by atoms with Gasteiger partial charge in [0.25, 0.3) is 0 Å². The number of carboxylic acids is 1. The summed E-state index contributed by atoms with van der Waals surface area (Å²) in [7, 11) is -2.92. The lowest BCUT2D eigenvalue weighted by Crippen LogP contribution is -2.44. The molecule has 1 atom stereocenters. The predicted molar refractivity (Wildman–Crippen MR) is 79.4 cm³/mol. The quantitative estimate of drug-likeness (QED) is 0.753. The first-order valence-corrected chi connectivity index (χ1v) is 8.09. The molecule has 9 heteroatoms. The summed E-state index contributed by atoms with van der Waals surface area (Å²) in [6, 6.07) is 2.15. The Morgan fingerprint density at radius 3 is 2.32 bits per heavy atom. The minimum Gasteiger partial charge on any atom is -0.480 e. The van der Waals surface area contributed by atoms with Crippen LogP contribution in [0.25, 0.3) is 0 Å². The molecular weight excluding hydrogens is 334 g/mol. The maximum atomic E-state index is 12.2. The summed E-state index contributed by atoms with van der Waals surface area (Å²) < 4.78 is 31.0. The minimum atomic E-state index is -4.09. The van der Waals surface area contributed by atoms with Gasteiger partial charge in [0.05, 0.1) is 22.6 Å². The number of hydrogen-bond acceptors (Lipinski definition) is 5. The number of halogens is 1. The van der Waals surface area contributed by atoms with E-state index in [1.807, 2.05) is 0 Å². The number of benzene rings is 1. The van der Waals surface area contributed by atoms with E-state index in [-0.39, 0.29) is 15.5 Å². The van der Waals surface area contributed by atoms with E-state index in [1.165, 1.54) is 13.2 Å². The minimum absolute atomic E-state index is 0.0155. The number of ether oxygens (including phenoxy) is 1. The fourth-order valence-electron chi connectivity index (χ4n) is 1.65. The van der Waals surface area contributed by atoms with Crippen LogP contribution in [0.4, 0.5) is 0 Å². The van der Waals surface area contributed by atoms with Gasteiger partial charge in [-0.25, -0.2) is 13.2 Å². The van der Waals surface area contributed by atoms with Crippen molar-refractivity contribution in [2.45, 2.75) is 24.8 Å². The van der Waals surface area contributed by atoms with Crippen LogP contribution >= 0.6 is 11.6 Å². The Balaban J connectivity index is 3.16. The summed E-state index contributed by atoms with van der Waals surface area (Å²) in [5.74, 6) is -2.43. The molecule has 122 valence electrons. The van der Waals surface area contributed by atoms with Gasteiger partial charge in [0.15, 0.2) is 0 Å². The number of carbonyl (C=O) groups excluding carboxylic acids is 1. The van der Waals surface area contributed by atoms with Gasteiger partial charge in [-0.05, 0) is 24.1 Å². The van der Waals surface area contributed by atoms with Gasteiger partial charge in [-0.15, -0.1) is 0 Å². The first-order valence-electron chi connectivity index (χ1n) is 6.23. The molecule has 1 rings (SSSR count). The Morgan fingerprint density at radius 2 is 1.91 bits per heavy atom. The summed E-state index contributed by atoms with van der Waals surface area (Å²) in [5, 5.41) is 8.94. The maximum absolute atomic E-state index is 12.2. The fraction of sp³-hybridized carbons (Fsp3) is 0.385. The molecule has 22 heavy (non-hydrogen) atoms. The highest BCUT2D eigenvalue weighted by Crippen LogP contribution is 2.22. The number of carbonyl (C=O) groups is 2. The van der Waals surface area contributed by atoms with Crippen LogP contribution in [-0.4, -0.2) is 38.6 Å². The van der Waals surface area contributed by atoms with Crippen LogP contribution in [0.5, 0.6) is 0 Å². The molecule has 0 radical (unpaired) electrons. The first kappa shape index (κ1) is 18.4. The molecule has 0 aromatic heterocycles. The predicted octanol–water partition coefficient (Wildman–Crippen LogP) is 1.51. The van der Waals surface area contributed by atoms with Gasteiger partial charge in [-0.3, -0.25) is 4.79 Å². The highest BCUT2D eigenvalue weighted by atomic mass is 35.5. The number of rotatable bonds is 6. The SMILES string of the molecule is COC(=O)c1ccc(S(=O)(=O)NC(C(=O)O)C(C)C)cc1Cl. The van der Waals surface area contributed by atoms with Gasteiger partial charge in [0, 0.05) is 0 Å². The standard InChI is InChI=1S/C13H16ClNO6S/c1-7(2)11(12(16)17)15-22(19,20)8-4-5-9(10(14)6-8)13(18)21-3/h4-7,11,15H,1-3H3,(H,16,17). The molecule has 1 unspecified atom stereocenters. The Labute approximate surface area is 133 Å². The van der Waals surface area contributed by atoms with Gasteiger partial charge in [0.2, 0.25) is 10.0 Å². The van der Waals surface area contributed by atoms with Gasteiger partial charge in [-0.2, -0.15) is 4.72 Å². The third kappa shape index (κ3) is 4.19. The van der Waals surface area contributed by atoms with Crippen LogP contribution in [0, 0.1) is 5.92 Å². The van der Waals surface area contributed by atoms with E-state index >= 15 is 0 Å². The molecule has 2 N–H and O–H groups in total. The van der Waals surface area contributed by atoms with Gasteiger partial charge < -0.3 is 9.84 Å². The molecular formula is C13H16ClNO6S. The molecule has 0 amide bonds. The molecule has 0 heterocycles. The van der Waals surface area contributed by atoms with E-state index in [0.29, 0.717) is 0 Å². The second-order valence-electron chi connectivity index (χ2n) is 4.81. The Kier molecular flexibility index (Phi) is 5.92. The lowest BCUT2D eigenvalue weighted by Gasteiger charge is -2.18. The number of nitrogens with one attached hydrogen (secondary N) is 1. The zero-order chi connectivity index (χ0) is 17.1. The van der Waals surface area contributed by atoms with E-state index in [0.717, 1.165) is 12.1 Å². The number of sulfonamides is 1. The number of carboxylic acid groups (broad SMARTS) is 1. The van der Waals surface area contributed by atoms with Crippen molar-refractivity contribution in [2.24, 2.45) is 5.92 Å². The summed E-state index contributed by atoms with van der Waals surface area (Å²) in [5.41, 5.74) is 0.0155. The highest BCUT2D eigenvalue weighted by Gasteiger charge is 2.28. The monoisotopic (exact) mass is 349 g/mol. The van der Waals surface area contributed by atoms with Crippen LogP contribution in [-0.2, 0) is 19.6 Å². The molecule has 0 fully saturated rings. The molecule has 0 saturated carbocycles. The maximum Gasteiger partial charge on any atom is 0.339 e. The molecule has 0 saturated heterocycles. The van der Waals surface area contributed by atoms with Crippen molar-refractivity contribution in [3.8, 4) is 0 Å². The number of methoxy groups -OCH3 is 1. The van der Waals surface area contributed by atoms with Crippen molar-refractivity contribution in [3.63, 3.8) is 0 Å². The lowest BCUT2D eigenvalue weighted by atomic mass is 10.1. The zero-order valence-electron chi connectivity index (χ0n) is 12.2. The number of hydrogen-bond donors (Lipinski definition) is 2. The van der Waals surface area contributed by atoms with Crippen LogP contribution in [0.15, 0.2) is 23.1 Å². The Morgan fingerprint density at radius 1 is 1.32 bits per heavy atom. The van der Waals surface area contributed by atoms with Crippen molar-refractivity contribution in [1.29, 1.82) is 0 Å². The van der Waals surface area contributed by atoms with Crippen molar-refractivity contribution >= 4 is 33.6 Å². The average Bonchev–Trinajstić information content (AvgIpc) is 2.43. The van der Waals surface area contributed by atoms with E-state index in [4.69, 9.17) is 16.7 Å². The van der Waals surface area contributed by atoms with Gasteiger partial charge in [0.1, 0.15) is 6.04 Å². The molecule has 0 aliphatic heterocycles. The summed E-state index contributed by atoms with van der Waals surface area (Å²) >= 11 is 5.86. The Bertz CT molecular complexity index is 686. The molecule has 1 aromatic carbocycles. The van der Waals surface area contributed by atoms with E-state index < -0.39 is 33.9 Å². The molecule has 0 bridgehead atoms. The Hall–Kier alpha value is -1.64. The summed E-state index contributed by atoms with van der Waals surface area (Å²) in [4.78, 5) is 22.2. The lowest BCUT2D eigenvalue weighted by molar-refractivity contribution is -0.140. The third-order valence-corrected chi connectivity index (χ3v) is 4.62. The normalized spacial score (nSPS) is 13.0. The summed E-state index contributed by atoms with van der Waals surface area (Å²) in [6.07, 6.45) is 0. The van der Waals surface area contributed by atoms with Crippen molar-refractivity contribution in [1.82, 2.24) is 4.72 Å². The molecule has 0 spiro atoms. The highest BCUT2D eigenvalue weighted by molar-refractivity contribution is 7.89. The van der Waals surface area contributed by atoms with Crippen LogP contribution < -0.4 is 4.72 Å². The third-order valence-electron chi connectivity index (χ3n) is 2.87. The second kappa shape index (κ2) is 7.08. The number of esters is 1. The van der Waals surface area contributed by atoms with Crippen molar-refractivity contribution in [2.75, 3.05) is 7.11 Å². The van der Waals surface area contributed by atoms with Crippen molar-refractivity contribution in [3.05, 3.63) is 28.8 Å². The molecule has 1 aromatic rings. The van der Waals surface area contributed by atoms with Crippen LogP contribution in [0.2, 0.25) is 5.02 Å². The van der Waals surface area contributed by atoms with Gasteiger partial charge >= 0.3 is 11.9 Å². The summed E-state index contributed by atoms with van der Waals surface area (Å²) in [6.45, 7) is 3.16. The van der Waals surface area contributed by atoms with Gasteiger partial charge in [-0.1, -0.05) is 25.4 Å². The fourth-order valence-corrected chi connectivity index (χ4v) is 3.33. The smallest absolute Gasteiger partial charge is 0.339 e. The molecule has 0 aliphatic rings. The largest absolute Gasteiger partial charge is 0.480 e. The first-order chi connectivity index (χ1) is 10.1. The topological polar surface area (TPSA) is 110 Å². The van der Waals surface area contributed by atoms with E-state index in [9.17, 15) is 18.0 Å².